The molecule has 0 aliphatic carbocycles. The van der Waals surface area contributed by atoms with Crippen LogP contribution in [0.4, 0.5) is 11.4 Å². The molecule has 0 saturated heterocycles. The van der Waals surface area contributed by atoms with Gasteiger partial charge in [-0.1, -0.05) is 12.1 Å². The van der Waals surface area contributed by atoms with Crippen molar-refractivity contribution in [3.05, 3.63) is 53.6 Å². The molecule has 2 aromatic carbocycles. The van der Waals surface area contributed by atoms with E-state index in [-0.39, 0.29) is 10.8 Å². The first kappa shape index (κ1) is 19.9. The average Bonchev–Trinajstić information content (AvgIpc) is 2.63. The minimum Gasteiger partial charge on any atom is -0.384 e. The Morgan fingerprint density at radius 1 is 1.08 bits per heavy atom. The first-order valence-corrected chi connectivity index (χ1v) is 9.64. The maximum Gasteiger partial charge on any atom is 0.255 e. The molecule has 140 valence electrons. The highest BCUT2D eigenvalue weighted by Gasteiger charge is 2.19. The lowest BCUT2D eigenvalue weighted by molar-refractivity contribution is 0.102. The molecular formula is C18H24N4O3S. The molecule has 0 heterocycles. The van der Waals surface area contributed by atoms with Crippen molar-refractivity contribution < 1.29 is 13.2 Å². The lowest BCUT2D eigenvalue weighted by Crippen LogP contribution is -2.22. The summed E-state index contributed by atoms with van der Waals surface area (Å²) in [6.07, 6.45) is 0. The first-order chi connectivity index (χ1) is 12.3. The second-order valence-corrected chi connectivity index (χ2v) is 8.03. The number of hydrogen-bond acceptors (Lipinski definition) is 5. The van der Waals surface area contributed by atoms with Gasteiger partial charge in [-0.05, 0) is 42.8 Å². The number of amides is 1. The van der Waals surface area contributed by atoms with Crippen molar-refractivity contribution in [1.82, 2.24) is 4.31 Å². The Morgan fingerprint density at radius 2 is 1.73 bits per heavy atom. The van der Waals surface area contributed by atoms with Crippen molar-refractivity contribution in [2.24, 2.45) is 5.73 Å². The standard InChI is InChI=1S/C18H24N4O3S/c1-4-20-16-10-9-15(26(24,25)22(2)3)11-17(16)21-18(23)14-7-5-13(12-19)6-8-14/h5-11,20H,4,12,19H2,1-3H3,(H,21,23). The fraction of sp³-hybridized carbons (Fsp3) is 0.278. The molecule has 1 amide bonds. The lowest BCUT2D eigenvalue weighted by atomic mass is 10.1. The van der Waals surface area contributed by atoms with E-state index in [2.05, 4.69) is 10.6 Å². The molecule has 0 radical (unpaired) electrons. The molecule has 0 bridgehead atoms. The smallest absolute Gasteiger partial charge is 0.255 e. The van der Waals surface area contributed by atoms with Gasteiger partial charge in [0.05, 0.1) is 16.3 Å². The third kappa shape index (κ3) is 4.40. The van der Waals surface area contributed by atoms with Crippen LogP contribution in [0, 0.1) is 0 Å². The van der Waals surface area contributed by atoms with Crippen LogP contribution < -0.4 is 16.4 Å². The Bertz CT molecular complexity index is 878. The monoisotopic (exact) mass is 376 g/mol. The fourth-order valence-corrected chi connectivity index (χ4v) is 3.26. The first-order valence-electron chi connectivity index (χ1n) is 8.20. The van der Waals surface area contributed by atoms with Crippen molar-refractivity contribution in [3.8, 4) is 0 Å². The van der Waals surface area contributed by atoms with Crippen LogP contribution >= 0.6 is 0 Å². The summed E-state index contributed by atoms with van der Waals surface area (Å²) in [5.41, 5.74) is 8.01. The van der Waals surface area contributed by atoms with Crippen LogP contribution in [0.15, 0.2) is 47.4 Å². The number of carbonyl (C=O) groups is 1. The maximum atomic E-state index is 12.5. The third-order valence-corrected chi connectivity index (χ3v) is 5.65. The van der Waals surface area contributed by atoms with Gasteiger partial charge in [0.25, 0.3) is 5.91 Å². The molecule has 0 atom stereocenters. The van der Waals surface area contributed by atoms with Crippen molar-refractivity contribution in [2.75, 3.05) is 31.3 Å². The van der Waals surface area contributed by atoms with Gasteiger partial charge in [0.1, 0.15) is 0 Å². The predicted molar refractivity (Wildman–Crippen MR) is 104 cm³/mol. The maximum absolute atomic E-state index is 12.5. The molecule has 0 saturated carbocycles. The van der Waals surface area contributed by atoms with Gasteiger partial charge in [-0.25, -0.2) is 12.7 Å². The van der Waals surface area contributed by atoms with Gasteiger partial charge >= 0.3 is 0 Å². The number of carbonyl (C=O) groups excluding carboxylic acids is 1. The van der Waals surface area contributed by atoms with E-state index in [1.807, 2.05) is 6.92 Å². The quantitative estimate of drug-likeness (QED) is 0.686. The van der Waals surface area contributed by atoms with Crippen molar-refractivity contribution in [3.63, 3.8) is 0 Å². The second kappa shape index (κ2) is 8.31. The molecule has 4 N–H and O–H groups in total. The van der Waals surface area contributed by atoms with E-state index in [1.165, 1.54) is 26.2 Å². The zero-order chi connectivity index (χ0) is 19.3. The number of benzene rings is 2. The zero-order valence-electron chi connectivity index (χ0n) is 15.1. The largest absolute Gasteiger partial charge is 0.384 e. The summed E-state index contributed by atoms with van der Waals surface area (Å²) in [5.74, 6) is -0.327. The van der Waals surface area contributed by atoms with Crippen LogP contribution in [0.2, 0.25) is 0 Å². The topological polar surface area (TPSA) is 105 Å². The van der Waals surface area contributed by atoms with Gasteiger partial charge in [-0.15, -0.1) is 0 Å². The van der Waals surface area contributed by atoms with E-state index in [0.717, 1.165) is 9.87 Å². The normalized spacial score (nSPS) is 11.4. The summed E-state index contributed by atoms with van der Waals surface area (Å²) in [4.78, 5) is 12.6. The third-order valence-electron chi connectivity index (χ3n) is 3.84. The summed E-state index contributed by atoms with van der Waals surface area (Å²) in [7, 11) is -0.674. The molecule has 2 rings (SSSR count). The minimum absolute atomic E-state index is 0.109. The lowest BCUT2D eigenvalue weighted by Gasteiger charge is -2.16. The Morgan fingerprint density at radius 3 is 2.27 bits per heavy atom. The second-order valence-electron chi connectivity index (χ2n) is 5.88. The van der Waals surface area contributed by atoms with Gasteiger partial charge in [-0.2, -0.15) is 0 Å². The average molecular weight is 376 g/mol. The van der Waals surface area contributed by atoms with E-state index in [1.54, 1.807) is 30.3 Å². The van der Waals surface area contributed by atoms with Crippen molar-refractivity contribution >= 4 is 27.3 Å². The highest BCUT2D eigenvalue weighted by Crippen LogP contribution is 2.27. The molecule has 0 unspecified atom stereocenters. The van der Waals surface area contributed by atoms with Crippen LogP contribution in [0.3, 0.4) is 0 Å². The van der Waals surface area contributed by atoms with E-state index >= 15 is 0 Å². The number of sulfonamides is 1. The van der Waals surface area contributed by atoms with Crippen LogP contribution in [0.25, 0.3) is 0 Å². The zero-order valence-corrected chi connectivity index (χ0v) is 15.9. The molecule has 0 spiro atoms. The van der Waals surface area contributed by atoms with Crippen LogP contribution in [0.1, 0.15) is 22.8 Å². The van der Waals surface area contributed by atoms with E-state index in [9.17, 15) is 13.2 Å². The highest BCUT2D eigenvalue weighted by molar-refractivity contribution is 7.89. The minimum atomic E-state index is -3.60. The fourth-order valence-electron chi connectivity index (χ4n) is 2.33. The Labute approximate surface area is 154 Å². The van der Waals surface area contributed by atoms with Crippen LogP contribution in [-0.2, 0) is 16.6 Å². The SMILES string of the molecule is CCNc1ccc(S(=O)(=O)N(C)C)cc1NC(=O)c1ccc(CN)cc1. The summed E-state index contributed by atoms with van der Waals surface area (Å²) < 4.78 is 25.9. The van der Waals surface area contributed by atoms with Crippen LogP contribution in [-0.4, -0.2) is 39.3 Å². The number of rotatable bonds is 7. The van der Waals surface area contributed by atoms with Gasteiger partial charge in [0, 0.05) is 32.7 Å². The van der Waals surface area contributed by atoms with E-state index in [0.29, 0.717) is 30.0 Å². The van der Waals surface area contributed by atoms with Crippen molar-refractivity contribution in [1.29, 1.82) is 0 Å². The van der Waals surface area contributed by atoms with E-state index in [4.69, 9.17) is 5.73 Å². The van der Waals surface area contributed by atoms with Crippen LogP contribution in [0.5, 0.6) is 0 Å². The van der Waals surface area contributed by atoms with Gasteiger partial charge in [0.15, 0.2) is 0 Å². The molecule has 0 aromatic heterocycles. The number of anilines is 2. The number of hydrogen-bond donors (Lipinski definition) is 3. The molecule has 0 aliphatic heterocycles. The van der Waals surface area contributed by atoms with Gasteiger partial charge < -0.3 is 16.4 Å². The summed E-state index contributed by atoms with van der Waals surface area (Å²) in [6.45, 7) is 2.95. The highest BCUT2D eigenvalue weighted by atomic mass is 32.2. The number of nitrogens with two attached hydrogens (primary N) is 1. The Kier molecular flexibility index (Phi) is 6.36. The molecule has 7 nitrogen and oxygen atoms in total. The van der Waals surface area contributed by atoms with Crippen molar-refractivity contribution in [2.45, 2.75) is 18.4 Å². The van der Waals surface area contributed by atoms with E-state index < -0.39 is 10.0 Å². The summed E-state index contributed by atoms with van der Waals surface area (Å²) in [6, 6.07) is 11.6. The molecule has 26 heavy (non-hydrogen) atoms. The Hall–Kier alpha value is -2.42. The predicted octanol–water partition coefficient (Wildman–Crippen LogP) is 2.08. The Balaban J connectivity index is 2.37. The van der Waals surface area contributed by atoms with Gasteiger partial charge in [-0.3, -0.25) is 4.79 Å². The number of nitrogens with one attached hydrogen (secondary N) is 2. The molecule has 2 aromatic rings. The summed E-state index contributed by atoms with van der Waals surface area (Å²) >= 11 is 0. The number of nitrogens with zero attached hydrogens (tertiary/aromatic N) is 1. The van der Waals surface area contributed by atoms with Gasteiger partial charge in [0.2, 0.25) is 10.0 Å². The molecular weight excluding hydrogens is 352 g/mol. The molecule has 0 fully saturated rings. The molecule has 8 heteroatoms. The molecule has 0 aliphatic rings. The summed E-state index contributed by atoms with van der Waals surface area (Å²) in [5, 5.41) is 5.90.